The molecule has 0 aliphatic rings. The Balaban J connectivity index is 1.84. The molecule has 5 nitrogen and oxygen atoms in total. The van der Waals surface area contributed by atoms with Gasteiger partial charge >= 0.3 is 0 Å². The molecule has 1 heterocycles. The summed E-state index contributed by atoms with van der Waals surface area (Å²) >= 11 is 19.9. The predicted molar refractivity (Wildman–Crippen MR) is 120 cm³/mol. The Morgan fingerprint density at radius 1 is 1.10 bits per heavy atom. The van der Waals surface area contributed by atoms with Gasteiger partial charge in [-0.05, 0) is 42.8 Å². The van der Waals surface area contributed by atoms with Gasteiger partial charge in [-0.25, -0.2) is 0 Å². The van der Waals surface area contributed by atoms with Crippen LogP contribution in [0.1, 0.15) is 35.9 Å². The summed E-state index contributed by atoms with van der Waals surface area (Å²) in [5.41, 5.74) is 1.15. The van der Waals surface area contributed by atoms with E-state index in [2.05, 4.69) is 22.4 Å². The Kier molecular flexibility index (Phi) is 7.84. The third kappa shape index (κ3) is 5.66. The minimum Gasteiger partial charge on any atom is -0.345 e. The molecule has 152 valence electrons. The van der Waals surface area contributed by atoms with E-state index in [-0.39, 0.29) is 12.5 Å². The molecule has 0 aliphatic carbocycles. The summed E-state index contributed by atoms with van der Waals surface area (Å²) in [6, 6.07) is 12.2. The van der Waals surface area contributed by atoms with Crippen molar-refractivity contribution in [1.29, 1.82) is 0 Å². The molecule has 0 fully saturated rings. The molecule has 1 N–H and O–H groups in total. The minimum atomic E-state index is -0.335. The maximum atomic E-state index is 12.6. The van der Waals surface area contributed by atoms with Crippen LogP contribution in [-0.4, -0.2) is 26.4 Å². The Morgan fingerprint density at radius 2 is 1.90 bits per heavy atom. The Bertz CT molecular complexity index is 1010. The number of nitrogens with zero attached hydrogens (tertiary/aromatic N) is 3. The molecule has 0 unspecified atom stereocenters. The smallest absolute Gasteiger partial charge is 0.253 e. The van der Waals surface area contributed by atoms with Crippen LogP contribution in [-0.2, 0) is 6.54 Å². The zero-order chi connectivity index (χ0) is 20.8. The number of rotatable bonds is 8. The third-order valence-corrected chi connectivity index (χ3v) is 5.89. The number of hydrogen-bond donors (Lipinski definition) is 1. The van der Waals surface area contributed by atoms with Crippen LogP contribution in [0.4, 0.5) is 0 Å². The highest BCUT2D eigenvalue weighted by Crippen LogP contribution is 2.25. The molecule has 0 saturated heterocycles. The first-order chi connectivity index (χ1) is 14.0. The number of nitrogens with one attached hydrogen (secondary N) is 1. The molecule has 0 bridgehead atoms. The van der Waals surface area contributed by atoms with Gasteiger partial charge in [0.1, 0.15) is 0 Å². The van der Waals surface area contributed by atoms with Crippen molar-refractivity contribution in [2.45, 2.75) is 31.5 Å². The van der Waals surface area contributed by atoms with E-state index >= 15 is 0 Å². The van der Waals surface area contributed by atoms with Crippen LogP contribution in [0.25, 0.3) is 5.69 Å². The molecular formula is C20H19Cl3N4OS. The van der Waals surface area contributed by atoms with E-state index in [9.17, 15) is 4.79 Å². The van der Waals surface area contributed by atoms with Gasteiger partial charge < -0.3 is 5.32 Å². The number of halogens is 3. The number of thioether (sulfide) groups is 1. The van der Waals surface area contributed by atoms with Gasteiger partial charge in [-0.1, -0.05) is 66.0 Å². The summed E-state index contributed by atoms with van der Waals surface area (Å²) in [5.74, 6) is 1.19. The fourth-order valence-electron chi connectivity index (χ4n) is 2.62. The van der Waals surface area contributed by atoms with Crippen LogP contribution in [0, 0.1) is 0 Å². The number of hydrogen-bond acceptors (Lipinski definition) is 4. The number of amides is 1. The molecule has 0 aliphatic heterocycles. The molecule has 1 aromatic heterocycles. The lowest BCUT2D eigenvalue weighted by Gasteiger charge is -2.12. The lowest BCUT2D eigenvalue weighted by atomic mass is 10.2. The first-order valence-electron chi connectivity index (χ1n) is 9.06. The average molecular weight is 470 g/mol. The van der Waals surface area contributed by atoms with Crippen molar-refractivity contribution in [3.63, 3.8) is 0 Å². The van der Waals surface area contributed by atoms with E-state index in [1.165, 1.54) is 6.07 Å². The van der Waals surface area contributed by atoms with Gasteiger partial charge in [0.2, 0.25) is 0 Å². The standard InChI is InChI=1S/C20H19Cl3N4OS/c1-2-3-9-29-20-26-25-18(27(20)15-6-4-5-13(21)10-15)12-24-19(28)16-11-14(22)7-8-17(16)23/h4-8,10-11H,2-3,9,12H2,1H3,(H,24,28). The molecule has 0 saturated carbocycles. The summed E-state index contributed by atoms with van der Waals surface area (Å²) < 4.78 is 1.91. The second-order valence-corrected chi connectivity index (χ2v) is 8.57. The van der Waals surface area contributed by atoms with Crippen molar-refractivity contribution in [3.05, 3.63) is 68.9 Å². The molecule has 3 aromatic rings. The molecule has 9 heteroatoms. The highest BCUT2D eigenvalue weighted by Gasteiger charge is 2.17. The summed E-state index contributed by atoms with van der Waals surface area (Å²) in [7, 11) is 0. The Hall–Kier alpha value is -1.73. The van der Waals surface area contributed by atoms with Crippen molar-refractivity contribution in [2.75, 3.05) is 5.75 Å². The van der Waals surface area contributed by atoms with E-state index < -0.39 is 0 Å². The maximum Gasteiger partial charge on any atom is 0.253 e. The zero-order valence-electron chi connectivity index (χ0n) is 15.7. The summed E-state index contributed by atoms with van der Waals surface area (Å²) in [5, 5.41) is 13.6. The van der Waals surface area contributed by atoms with Crippen LogP contribution >= 0.6 is 46.6 Å². The quantitative estimate of drug-likeness (QED) is 0.322. The number of carbonyl (C=O) groups is 1. The Morgan fingerprint density at radius 3 is 2.66 bits per heavy atom. The normalized spacial score (nSPS) is 10.9. The molecule has 2 aromatic carbocycles. The summed E-state index contributed by atoms with van der Waals surface area (Å²) in [6.45, 7) is 2.32. The van der Waals surface area contributed by atoms with Gasteiger partial charge in [-0.2, -0.15) is 0 Å². The SMILES string of the molecule is CCCCSc1nnc(CNC(=O)c2cc(Cl)ccc2Cl)n1-c1cccc(Cl)c1. The third-order valence-electron chi connectivity index (χ3n) is 4.08. The number of benzene rings is 2. The minimum absolute atomic E-state index is 0.176. The summed E-state index contributed by atoms with van der Waals surface area (Å²) in [4.78, 5) is 12.6. The first-order valence-corrected chi connectivity index (χ1v) is 11.2. The average Bonchev–Trinajstić information content (AvgIpc) is 3.11. The van der Waals surface area contributed by atoms with Crippen molar-refractivity contribution in [1.82, 2.24) is 20.1 Å². The Labute approximate surface area is 188 Å². The first kappa shape index (κ1) is 22.0. The molecule has 0 atom stereocenters. The molecule has 3 rings (SSSR count). The van der Waals surface area contributed by atoms with Crippen LogP contribution in [0.15, 0.2) is 47.6 Å². The molecular weight excluding hydrogens is 451 g/mol. The van der Waals surface area contributed by atoms with Gasteiger partial charge in [0.05, 0.1) is 22.8 Å². The van der Waals surface area contributed by atoms with Crippen LogP contribution in [0.5, 0.6) is 0 Å². The number of carbonyl (C=O) groups excluding carboxylic acids is 1. The van der Waals surface area contributed by atoms with E-state index in [1.807, 2.05) is 28.8 Å². The molecule has 1 amide bonds. The zero-order valence-corrected chi connectivity index (χ0v) is 18.7. The molecule has 0 radical (unpaired) electrons. The number of unbranched alkanes of at least 4 members (excludes halogenated alkanes) is 1. The van der Waals surface area contributed by atoms with Crippen LogP contribution in [0.2, 0.25) is 15.1 Å². The molecule has 0 spiro atoms. The van der Waals surface area contributed by atoms with Crippen molar-refractivity contribution in [2.24, 2.45) is 0 Å². The fraction of sp³-hybridized carbons (Fsp3) is 0.250. The highest BCUT2D eigenvalue weighted by molar-refractivity contribution is 7.99. The second-order valence-electron chi connectivity index (χ2n) is 6.22. The van der Waals surface area contributed by atoms with E-state index in [4.69, 9.17) is 34.8 Å². The van der Waals surface area contributed by atoms with Crippen molar-refractivity contribution < 1.29 is 4.79 Å². The highest BCUT2D eigenvalue weighted by atomic mass is 35.5. The largest absolute Gasteiger partial charge is 0.345 e. The molecule has 29 heavy (non-hydrogen) atoms. The van der Waals surface area contributed by atoms with Crippen LogP contribution in [0.3, 0.4) is 0 Å². The predicted octanol–water partition coefficient (Wildman–Crippen LogP) is 6.05. The van der Waals surface area contributed by atoms with E-state index in [0.29, 0.717) is 26.5 Å². The van der Waals surface area contributed by atoms with E-state index in [0.717, 1.165) is 29.4 Å². The van der Waals surface area contributed by atoms with Gasteiger partial charge in [0, 0.05) is 15.8 Å². The van der Waals surface area contributed by atoms with Crippen molar-refractivity contribution in [3.8, 4) is 5.69 Å². The lowest BCUT2D eigenvalue weighted by Crippen LogP contribution is -2.25. The van der Waals surface area contributed by atoms with Gasteiger partial charge in [-0.15, -0.1) is 10.2 Å². The van der Waals surface area contributed by atoms with Crippen LogP contribution < -0.4 is 5.32 Å². The second kappa shape index (κ2) is 10.3. The van der Waals surface area contributed by atoms with E-state index in [1.54, 1.807) is 23.9 Å². The van der Waals surface area contributed by atoms with Gasteiger partial charge in [-0.3, -0.25) is 9.36 Å². The van der Waals surface area contributed by atoms with Gasteiger partial charge in [0.25, 0.3) is 5.91 Å². The summed E-state index contributed by atoms with van der Waals surface area (Å²) in [6.07, 6.45) is 2.17. The lowest BCUT2D eigenvalue weighted by molar-refractivity contribution is 0.0950. The maximum absolute atomic E-state index is 12.6. The van der Waals surface area contributed by atoms with Gasteiger partial charge in [0.15, 0.2) is 11.0 Å². The monoisotopic (exact) mass is 468 g/mol. The number of aromatic nitrogens is 3. The van der Waals surface area contributed by atoms with Crippen molar-refractivity contribution >= 4 is 52.5 Å². The fourth-order valence-corrected chi connectivity index (χ4v) is 4.23. The topological polar surface area (TPSA) is 59.8 Å².